The molecule has 0 aliphatic rings. The molecule has 0 saturated carbocycles. The predicted molar refractivity (Wildman–Crippen MR) is 84.1 cm³/mol. The highest BCUT2D eigenvalue weighted by molar-refractivity contribution is 6.30. The monoisotopic (exact) mass is 299 g/mol. The Hall–Kier alpha value is -0.610. The standard InChI is InChI=1S/C16H26ClNO2/c1-4-7-15(13-8-10-14(17)11-9-13)18-12-16(19-5-2)20-6-3/h8-11,15-16,18H,4-7,12H2,1-3H3. The predicted octanol–water partition coefficient (Wildman–Crippen LogP) is 4.17. The van der Waals surface area contributed by atoms with Gasteiger partial charge in [-0.2, -0.15) is 0 Å². The maximum absolute atomic E-state index is 5.94. The van der Waals surface area contributed by atoms with Crippen LogP contribution in [0.3, 0.4) is 0 Å². The van der Waals surface area contributed by atoms with Gasteiger partial charge < -0.3 is 14.8 Å². The molecule has 3 nitrogen and oxygen atoms in total. The van der Waals surface area contributed by atoms with Crippen molar-refractivity contribution in [2.24, 2.45) is 0 Å². The van der Waals surface area contributed by atoms with E-state index in [2.05, 4.69) is 24.4 Å². The summed E-state index contributed by atoms with van der Waals surface area (Å²) in [6, 6.07) is 8.33. The van der Waals surface area contributed by atoms with Crippen molar-refractivity contribution in [1.29, 1.82) is 0 Å². The van der Waals surface area contributed by atoms with Crippen molar-refractivity contribution < 1.29 is 9.47 Å². The van der Waals surface area contributed by atoms with Gasteiger partial charge in [0.1, 0.15) is 0 Å². The molecular formula is C16H26ClNO2. The van der Waals surface area contributed by atoms with E-state index in [0.29, 0.717) is 25.8 Å². The minimum atomic E-state index is -0.184. The van der Waals surface area contributed by atoms with E-state index in [1.165, 1.54) is 5.56 Å². The van der Waals surface area contributed by atoms with E-state index in [9.17, 15) is 0 Å². The van der Waals surface area contributed by atoms with Gasteiger partial charge in [-0.05, 0) is 38.0 Å². The minimum Gasteiger partial charge on any atom is -0.352 e. The van der Waals surface area contributed by atoms with Gasteiger partial charge in [-0.3, -0.25) is 0 Å². The van der Waals surface area contributed by atoms with Crippen molar-refractivity contribution in [3.63, 3.8) is 0 Å². The first-order valence-electron chi connectivity index (χ1n) is 7.43. The molecule has 1 N–H and O–H groups in total. The zero-order valence-electron chi connectivity index (χ0n) is 12.7. The molecule has 0 aromatic heterocycles. The Kier molecular flexibility index (Phi) is 8.86. The molecule has 4 heteroatoms. The Morgan fingerprint density at radius 1 is 1.05 bits per heavy atom. The lowest BCUT2D eigenvalue weighted by Gasteiger charge is -2.23. The van der Waals surface area contributed by atoms with Crippen molar-refractivity contribution in [1.82, 2.24) is 5.32 Å². The molecule has 1 atom stereocenters. The second kappa shape index (κ2) is 10.2. The number of hydrogen-bond donors (Lipinski definition) is 1. The van der Waals surface area contributed by atoms with E-state index in [4.69, 9.17) is 21.1 Å². The van der Waals surface area contributed by atoms with Crippen molar-refractivity contribution >= 4 is 11.6 Å². The highest BCUT2D eigenvalue weighted by Crippen LogP contribution is 2.20. The summed E-state index contributed by atoms with van der Waals surface area (Å²) in [5, 5.41) is 4.30. The van der Waals surface area contributed by atoms with Crippen LogP contribution in [0.1, 0.15) is 45.2 Å². The summed E-state index contributed by atoms with van der Waals surface area (Å²) >= 11 is 5.94. The third kappa shape index (κ3) is 6.23. The van der Waals surface area contributed by atoms with E-state index >= 15 is 0 Å². The smallest absolute Gasteiger partial charge is 0.169 e. The third-order valence-corrected chi connectivity index (χ3v) is 3.34. The van der Waals surface area contributed by atoms with Gasteiger partial charge in [0, 0.05) is 30.8 Å². The van der Waals surface area contributed by atoms with Crippen LogP contribution in [-0.4, -0.2) is 26.0 Å². The van der Waals surface area contributed by atoms with Gasteiger partial charge in [0.2, 0.25) is 0 Å². The number of halogens is 1. The van der Waals surface area contributed by atoms with Crippen LogP contribution in [0.2, 0.25) is 5.02 Å². The molecule has 0 amide bonds. The molecular weight excluding hydrogens is 274 g/mol. The molecule has 114 valence electrons. The summed E-state index contributed by atoms with van der Waals surface area (Å²) in [5.41, 5.74) is 1.25. The average molecular weight is 300 g/mol. The van der Waals surface area contributed by atoms with Crippen LogP contribution in [0.5, 0.6) is 0 Å². The Bertz CT molecular complexity index is 350. The van der Waals surface area contributed by atoms with Crippen LogP contribution in [0.4, 0.5) is 0 Å². The van der Waals surface area contributed by atoms with Gasteiger partial charge in [-0.15, -0.1) is 0 Å². The molecule has 0 saturated heterocycles. The lowest BCUT2D eigenvalue weighted by molar-refractivity contribution is -0.133. The van der Waals surface area contributed by atoms with Gasteiger partial charge in [-0.25, -0.2) is 0 Å². The number of benzene rings is 1. The molecule has 1 rings (SSSR count). The van der Waals surface area contributed by atoms with Gasteiger partial charge >= 0.3 is 0 Å². The number of ether oxygens (including phenoxy) is 2. The first kappa shape index (κ1) is 17.4. The lowest BCUT2D eigenvalue weighted by atomic mass is 10.0. The molecule has 0 aliphatic heterocycles. The first-order valence-corrected chi connectivity index (χ1v) is 7.81. The summed E-state index contributed by atoms with van der Waals surface area (Å²) < 4.78 is 11.1. The van der Waals surface area contributed by atoms with Crippen LogP contribution in [0.15, 0.2) is 24.3 Å². The van der Waals surface area contributed by atoms with Crippen molar-refractivity contribution in [2.75, 3.05) is 19.8 Å². The molecule has 1 unspecified atom stereocenters. The highest BCUT2D eigenvalue weighted by Gasteiger charge is 2.14. The average Bonchev–Trinajstić information content (AvgIpc) is 2.45. The minimum absolute atomic E-state index is 0.184. The van der Waals surface area contributed by atoms with Crippen LogP contribution in [0, 0.1) is 0 Å². The SMILES string of the molecule is CCCC(NCC(OCC)OCC)c1ccc(Cl)cc1. The number of nitrogens with one attached hydrogen (secondary N) is 1. The molecule has 1 aromatic carbocycles. The van der Waals surface area contributed by atoms with E-state index in [1.807, 2.05) is 26.0 Å². The molecule has 0 fully saturated rings. The summed E-state index contributed by atoms with van der Waals surface area (Å²) in [4.78, 5) is 0. The second-order valence-electron chi connectivity index (χ2n) is 4.64. The molecule has 0 heterocycles. The molecule has 0 radical (unpaired) electrons. The summed E-state index contributed by atoms with van der Waals surface area (Å²) in [6.07, 6.45) is 2.01. The van der Waals surface area contributed by atoms with Crippen LogP contribution < -0.4 is 5.32 Å². The van der Waals surface area contributed by atoms with Gasteiger partial charge in [0.25, 0.3) is 0 Å². The molecule has 0 bridgehead atoms. The maximum Gasteiger partial charge on any atom is 0.169 e. The number of rotatable bonds is 10. The van der Waals surface area contributed by atoms with E-state index in [0.717, 1.165) is 17.9 Å². The van der Waals surface area contributed by atoms with Crippen LogP contribution >= 0.6 is 11.6 Å². The number of hydrogen-bond acceptors (Lipinski definition) is 3. The normalized spacial score (nSPS) is 12.8. The van der Waals surface area contributed by atoms with Crippen LogP contribution in [-0.2, 0) is 9.47 Å². The lowest BCUT2D eigenvalue weighted by Crippen LogP contribution is -2.34. The molecule has 20 heavy (non-hydrogen) atoms. The fraction of sp³-hybridized carbons (Fsp3) is 0.625. The summed E-state index contributed by atoms with van der Waals surface area (Å²) in [6.45, 7) is 8.16. The van der Waals surface area contributed by atoms with Gasteiger partial charge in [0.15, 0.2) is 6.29 Å². The zero-order valence-corrected chi connectivity index (χ0v) is 13.5. The zero-order chi connectivity index (χ0) is 14.8. The Balaban J connectivity index is 2.59. The maximum atomic E-state index is 5.94. The van der Waals surface area contributed by atoms with E-state index in [1.54, 1.807) is 0 Å². The van der Waals surface area contributed by atoms with Crippen molar-refractivity contribution in [3.8, 4) is 0 Å². The van der Waals surface area contributed by atoms with Gasteiger partial charge in [0.05, 0.1) is 0 Å². The van der Waals surface area contributed by atoms with Crippen molar-refractivity contribution in [3.05, 3.63) is 34.9 Å². The Morgan fingerprint density at radius 2 is 1.65 bits per heavy atom. The third-order valence-electron chi connectivity index (χ3n) is 3.09. The Labute approximate surface area is 127 Å². The molecule has 0 spiro atoms. The molecule has 0 aliphatic carbocycles. The topological polar surface area (TPSA) is 30.5 Å². The van der Waals surface area contributed by atoms with Crippen molar-refractivity contribution in [2.45, 2.75) is 45.9 Å². The summed E-state index contributed by atoms with van der Waals surface area (Å²) in [5.74, 6) is 0. The van der Waals surface area contributed by atoms with E-state index in [-0.39, 0.29) is 6.29 Å². The molecule has 1 aromatic rings. The van der Waals surface area contributed by atoms with Gasteiger partial charge in [-0.1, -0.05) is 37.1 Å². The highest BCUT2D eigenvalue weighted by atomic mass is 35.5. The second-order valence-corrected chi connectivity index (χ2v) is 5.08. The van der Waals surface area contributed by atoms with E-state index < -0.39 is 0 Å². The quantitative estimate of drug-likeness (QED) is 0.658. The summed E-state index contributed by atoms with van der Waals surface area (Å²) in [7, 11) is 0. The fourth-order valence-corrected chi connectivity index (χ4v) is 2.27. The largest absolute Gasteiger partial charge is 0.352 e. The Morgan fingerprint density at radius 3 is 2.15 bits per heavy atom. The fourth-order valence-electron chi connectivity index (χ4n) is 2.15. The first-order chi connectivity index (χ1) is 9.71. The van der Waals surface area contributed by atoms with Crippen LogP contribution in [0.25, 0.3) is 0 Å².